The topological polar surface area (TPSA) is 41.3 Å². The Morgan fingerprint density at radius 1 is 1.22 bits per heavy atom. The Morgan fingerprint density at radius 3 is 2.94 bits per heavy atom. The summed E-state index contributed by atoms with van der Waals surface area (Å²) in [5.74, 6) is 0. The summed E-state index contributed by atoms with van der Waals surface area (Å²) in [6, 6.07) is 7.64. The largest absolute Gasteiger partial charge is 0.399 e. The van der Waals surface area contributed by atoms with Crippen LogP contribution in [0.3, 0.4) is 0 Å². The molecule has 2 unspecified atom stereocenters. The third-order valence-corrected chi connectivity index (χ3v) is 4.48. The van der Waals surface area contributed by atoms with Crippen molar-refractivity contribution >= 4 is 11.4 Å². The first-order chi connectivity index (χ1) is 8.74. The monoisotopic (exact) mass is 245 g/mol. The van der Waals surface area contributed by atoms with Crippen LogP contribution in [0.2, 0.25) is 0 Å². The molecule has 0 aliphatic carbocycles. The van der Waals surface area contributed by atoms with Crippen LogP contribution in [-0.2, 0) is 0 Å². The van der Waals surface area contributed by atoms with Crippen LogP contribution < -0.4 is 11.1 Å². The number of nitrogen functional groups attached to an aromatic ring is 1. The highest BCUT2D eigenvalue weighted by molar-refractivity contribution is 5.57. The lowest BCUT2D eigenvalue weighted by atomic mass is 9.98. The van der Waals surface area contributed by atoms with E-state index in [1.54, 1.807) is 0 Å². The Bertz CT molecular complexity index is 430. The average Bonchev–Trinajstić information content (AvgIpc) is 2.78. The highest BCUT2D eigenvalue weighted by atomic mass is 15.2. The number of hydrogen-bond acceptors (Lipinski definition) is 3. The minimum atomic E-state index is 0.619. The molecule has 2 aliphatic heterocycles. The van der Waals surface area contributed by atoms with Crippen LogP contribution in [0.1, 0.15) is 31.2 Å². The lowest BCUT2D eigenvalue weighted by Gasteiger charge is -2.33. The van der Waals surface area contributed by atoms with E-state index in [1.165, 1.54) is 50.0 Å². The van der Waals surface area contributed by atoms with E-state index in [-0.39, 0.29) is 0 Å². The van der Waals surface area contributed by atoms with Crippen molar-refractivity contribution in [1.82, 2.24) is 4.90 Å². The van der Waals surface area contributed by atoms with Gasteiger partial charge in [-0.1, -0.05) is 6.42 Å². The van der Waals surface area contributed by atoms with Gasteiger partial charge in [0.25, 0.3) is 0 Å². The molecule has 0 bridgehead atoms. The molecule has 18 heavy (non-hydrogen) atoms. The number of nitrogens with one attached hydrogen (secondary N) is 1. The molecule has 2 aliphatic rings. The molecule has 1 aromatic carbocycles. The standard InChI is InChI=1S/C15H23N3/c1-11-10-12(5-6-13(11)16)17-14-7-9-18-8-3-2-4-15(14)18/h5-6,10,14-15,17H,2-4,7-9,16H2,1H3. The molecular weight excluding hydrogens is 222 g/mol. The Labute approximate surface area is 109 Å². The zero-order valence-electron chi connectivity index (χ0n) is 11.2. The zero-order valence-corrected chi connectivity index (χ0v) is 11.2. The van der Waals surface area contributed by atoms with Crippen molar-refractivity contribution in [2.24, 2.45) is 0 Å². The molecule has 2 saturated heterocycles. The molecule has 3 N–H and O–H groups in total. The van der Waals surface area contributed by atoms with E-state index < -0.39 is 0 Å². The van der Waals surface area contributed by atoms with Crippen molar-refractivity contribution in [1.29, 1.82) is 0 Å². The zero-order chi connectivity index (χ0) is 12.5. The number of anilines is 2. The molecule has 98 valence electrons. The number of piperidine rings is 1. The van der Waals surface area contributed by atoms with E-state index >= 15 is 0 Å². The van der Waals surface area contributed by atoms with Gasteiger partial charge in [-0.05, 0) is 56.5 Å². The van der Waals surface area contributed by atoms with Crippen LogP contribution in [0.15, 0.2) is 18.2 Å². The van der Waals surface area contributed by atoms with Gasteiger partial charge in [0.15, 0.2) is 0 Å². The number of nitrogens with two attached hydrogens (primary N) is 1. The van der Waals surface area contributed by atoms with Gasteiger partial charge in [-0.15, -0.1) is 0 Å². The van der Waals surface area contributed by atoms with Crippen LogP contribution in [-0.4, -0.2) is 30.1 Å². The quantitative estimate of drug-likeness (QED) is 0.787. The normalized spacial score (nSPS) is 28.1. The molecule has 0 aromatic heterocycles. The fraction of sp³-hybridized carbons (Fsp3) is 0.600. The number of aryl methyl sites for hydroxylation is 1. The second-order valence-electron chi connectivity index (χ2n) is 5.71. The summed E-state index contributed by atoms with van der Waals surface area (Å²) in [6.07, 6.45) is 5.39. The Balaban J connectivity index is 1.70. The summed E-state index contributed by atoms with van der Waals surface area (Å²) in [4.78, 5) is 2.66. The third kappa shape index (κ3) is 2.19. The molecule has 2 heterocycles. The lowest BCUT2D eigenvalue weighted by Crippen LogP contribution is -2.41. The maximum absolute atomic E-state index is 5.87. The smallest absolute Gasteiger partial charge is 0.0429 e. The molecular formula is C15H23N3. The van der Waals surface area contributed by atoms with Crippen molar-refractivity contribution in [3.8, 4) is 0 Å². The summed E-state index contributed by atoms with van der Waals surface area (Å²) in [5.41, 5.74) is 9.13. The average molecular weight is 245 g/mol. The van der Waals surface area contributed by atoms with E-state index in [0.717, 1.165) is 11.7 Å². The van der Waals surface area contributed by atoms with Crippen LogP contribution >= 0.6 is 0 Å². The van der Waals surface area contributed by atoms with Gasteiger partial charge >= 0.3 is 0 Å². The Hall–Kier alpha value is -1.22. The van der Waals surface area contributed by atoms with E-state index in [1.807, 2.05) is 6.07 Å². The van der Waals surface area contributed by atoms with E-state index in [2.05, 4.69) is 29.3 Å². The lowest BCUT2D eigenvalue weighted by molar-refractivity contribution is 0.193. The van der Waals surface area contributed by atoms with E-state index in [4.69, 9.17) is 5.73 Å². The molecule has 0 radical (unpaired) electrons. The van der Waals surface area contributed by atoms with E-state index in [9.17, 15) is 0 Å². The predicted octanol–water partition coefficient (Wildman–Crippen LogP) is 2.62. The first-order valence-corrected chi connectivity index (χ1v) is 7.11. The molecule has 0 spiro atoms. The molecule has 2 fully saturated rings. The maximum Gasteiger partial charge on any atom is 0.0429 e. The summed E-state index contributed by atoms with van der Waals surface area (Å²) in [7, 11) is 0. The second-order valence-corrected chi connectivity index (χ2v) is 5.71. The predicted molar refractivity (Wildman–Crippen MR) is 76.8 cm³/mol. The number of fused-ring (bicyclic) bond motifs is 1. The van der Waals surface area contributed by atoms with Crippen molar-refractivity contribution in [3.05, 3.63) is 23.8 Å². The SMILES string of the molecule is Cc1cc(NC2CCN3CCCCC23)ccc1N. The van der Waals surface area contributed by atoms with E-state index in [0.29, 0.717) is 6.04 Å². The molecule has 3 rings (SSSR count). The van der Waals surface area contributed by atoms with Crippen molar-refractivity contribution in [2.75, 3.05) is 24.1 Å². The van der Waals surface area contributed by atoms with Gasteiger partial charge in [0.05, 0.1) is 0 Å². The summed E-state index contributed by atoms with van der Waals surface area (Å²) < 4.78 is 0. The fourth-order valence-corrected chi connectivity index (χ4v) is 3.40. The van der Waals surface area contributed by atoms with Crippen LogP contribution in [0.25, 0.3) is 0 Å². The molecule has 2 atom stereocenters. The van der Waals surface area contributed by atoms with Gasteiger partial charge in [0, 0.05) is 30.0 Å². The third-order valence-electron chi connectivity index (χ3n) is 4.48. The van der Waals surface area contributed by atoms with Gasteiger partial charge in [0.2, 0.25) is 0 Å². The fourth-order valence-electron chi connectivity index (χ4n) is 3.40. The van der Waals surface area contributed by atoms with Crippen molar-refractivity contribution < 1.29 is 0 Å². The minimum absolute atomic E-state index is 0.619. The summed E-state index contributed by atoms with van der Waals surface area (Å²) in [5, 5.41) is 3.71. The van der Waals surface area contributed by atoms with Gasteiger partial charge in [-0.25, -0.2) is 0 Å². The van der Waals surface area contributed by atoms with Crippen LogP contribution in [0, 0.1) is 6.92 Å². The molecule has 0 saturated carbocycles. The first-order valence-electron chi connectivity index (χ1n) is 7.11. The van der Waals surface area contributed by atoms with Crippen molar-refractivity contribution in [3.63, 3.8) is 0 Å². The van der Waals surface area contributed by atoms with Gasteiger partial charge in [-0.2, -0.15) is 0 Å². The number of nitrogens with zero attached hydrogens (tertiary/aromatic N) is 1. The summed E-state index contributed by atoms with van der Waals surface area (Å²) >= 11 is 0. The van der Waals surface area contributed by atoms with Crippen LogP contribution in [0.5, 0.6) is 0 Å². The molecule has 3 nitrogen and oxygen atoms in total. The number of benzene rings is 1. The maximum atomic E-state index is 5.87. The molecule has 0 amide bonds. The highest BCUT2D eigenvalue weighted by Crippen LogP contribution is 2.29. The van der Waals surface area contributed by atoms with Crippen LogP contribution in [0.4, 0.5) is 11.4 Å². The highest BCUT2D eigenvalue weighted by Gasteiger charge is 2.35. The summed E-state index contributed by atoms with van der Waals surface area (Å²) in [6.45, 7) is 4.63. The Kier molecular flexibility index (Phi) is 3.16. The number of hydrogen-bond donors (Lipinski definition) is 2. The Morgan fingerprint density at radius 2 is 2.11 bits per heavy atom. The van der Waals surface area contributed by atoms with Gasteiger partial charge in [-0.3, -0.25) is 4.90 Å². The van der Waals surface area contributed by atoms with Gasteiger partial charge < -0.3 is 11.1 Å². The minimum Gasteiger partial charge on any atom is -0.399 e. The first kappa shape index (κ1) is 11.8. The molecule has 1 aromatic rings. The van der Waals surface area contributed by atoms with Crippen molar-refractivity contribution in [2.45, 2.75) is 44.7 Å². The molecule has 3 heteroatoms. The number of rotatable bonds is 2. The second kappa shape index (κ2) is 4.81. The van der Waals surface area contributed by atoms with Gasteiger partial charge in [0.1, 0.15) is 0 Å².